The van der Waals surface area contributed by atoms with Gasteiger partial charge in [0.25, 0.3) is 15.9 Å². The van der Waals surface area contributed by atoms with Crippen molar-refractivity contribution in [2.45, 2.75) is 30.2 Å². The molecule has 2 amide bonds. The number of hydrogen-bond acceptors (Lipinski definition) is 4. The van der Waals surface area contributed by atoms with E-state index < -0.39 is 22.0 Å². The molecule has 1 aliphatic heterocycles. The third-order valence-electron chi connectivity index (χ3n) is 6.20. The van der Waals surface area contributed by atoms with Crippen molar-refractivity contribution in [3.05, 3.63) is 96.1 Å². The van der Waals surface area contributed by atoms with E-state index in [1.807, 2.05) is 36.4 Å². The Morgan fingerprint density at radius 3 is 2.06 bits per heavy atom. The normalized spacial score (nSPS) is 14.4. The van der Waals surface area contributed by atoms with Gasteiger partial charge in [-0.2, -0.15) is 0 Å². The van der Waals surface area contributed by atoms with Gasteiger partial charge in [-0.3, -0.25) is 13.9 Å². The fourth-order valence-electron chi connectivity index (χ4n) is 4.16. The van der Waals surface area contributed by atoms with Crippen LogP contribution >= 0.6 is 0 Å². The number of para-hydroxylation sites is 1. The van der Waals surface area contributed by atoms with E-state index in [9.17, 15) is 18.0 Å². The number of nitrogens with one attached hydrogen (secondary N) is 1. The maximum Gasteiger partial charge on any atom is 0.264 e. The third kappa shape index (κ3) is 5.71. The van der Waals surface area contributed by atoms with Gasteiger partial charge in [0.05, 0.1) is 10.6 Å². The molecule has 4 rings (SSSR count). The fourth-order valence-corrected chi connectivity index (χ4v) is 5.36. The Hall–Kier alpha value is -3.65. The zero-order valence-electron chi connectivity index (χ0n) is 19.6. The second-order valence-electron chi connectivity index (χ2n) is 8.58. The van der Waals surface area contributed by atoms with Crippen LogP contribution < -0.4 is 9.62 Å². The molecule has 3 aromatic carbocycles. The highest BCUT2D eigenvalue weighted by Gasteiger charge is 2.28. The van der Waals surface area contributed by atoms with Gasteiger partial charge in [-0.05, 0) is 54.8 Å². The molecule has 182 valence electrons. The first-order valence-corrected chi connectivity index (χ1v) is 13.1. The summed E-state index contributed by atoms with van der Waals surface area (Å²) < 4.78 is 27.2. The molecule has 0 aromatic heterocycles. The molecule has 1 heterocycles. The van der Waals surface area contributed by atoms with Gasteiger partial charge in [-0.25, -0.2) is 8.42 Å². The van der Waals surface area contributed by atoms with Crippen LogP contribution in [0.3, 0.4) is 0 Å². The molecule has 1 aliphatic rings. The molecule has 1 unspecified atom stereocenters. The SMILES string of the molecule is CN(c1ccccc1)S(=O)(=O)c1ccc(C(=O)NC(Cc2ccccc2)C(=O)N2CCCC2)cc1. The molecule has 1 atom stereocenters. The molecule has 0 spiro atoms. The van der Waals surface area contributed by atoms with Crippen LogP contribution in [0.15, 0.2) is 89.8 Å². The topological polar surface area (TPSA) is 86.8 Å². The minimum atomic E-state index is -3.78. The Bertz CT molecular complexity index is 1260. The predicted molar refractivity (Wildman–Crippen MR) is 136 cm³/mol. The minimum Gasteiger partial charge on any atom is -0.341 e. The smallest absolute Gasteiger partial charge is 0.264 e. The van der Waals surface area contributed by atoms with E-state index in [1.165, 1.54) is 35.6 Å². The number of hydrogen-bond donors (Lipinski definition) is 1. The summed E-state index contributed by atoms with van der Waals surface area (Å²) in [6, 6.07) is 23.4. The molecule has 0 bridgehead atoms. The summed E-state index contributed by atoms with van der Waals surface area (Å²) in [6.45, 7) is 1.39. The van der Waals surface area contributed by atoms with Gasteiger partial charge in [-0.1, -0.05) is 48.5 Å². The fraction of sp³-hybridized carbons (Fsp3) is 0.259. The molecule has 8 heteroatoms. The highest BCUT2D eigenvalue weighted by atomic mass is 32.2. The largest absolute Gasteiger partial charge is 0.341 e. The van der Waals surface area contributed by atoms with E-state index in [-0.39, 0.29) is 10.8 Å². The molecule has 0 radical (unpaired) electrons. The van der Waals surface area contributed by atoms with E-state index in [2.05, 4.69) is 5.32 Å². The van der Waals surface area contributed by atoms with E-state index in [0.29, 0.717) is 30.8 Å². The summed E-state index contributed by atoms with van der Waals surface area (Å²) in [5.74, 6) is -0.512. The second-order valence-corrected chi connectivity index (χ2v) is 10.5. The van der Waals surface area contributed by atoms with E-state index >= 15 is 0 Å². The zero-order chi connectivity index (χ0) is 24.8. The quantitative estimate of drug-likeness (QED) is 0.523. The van der Waals surface area contributed by atoms with E-state index in [0.717, 1.165) is 18.4 Å². The van der Waals surface area contributed by atoms with Gasteiger partial charge in [0.1, 0.15) is 6.04 Å². The molecule has 1 saturated heterocycles. The second kappa shape index (κ2) is 10.7. The molecular formula is C27H29N3O4S. The van der Waals surface area contributed by atoms with Crippen LogP contribution in [0.5, 0.6) is 0 Å². The molecule has 0 aliphatic carbocycles. The van der Waals surface area contributed by atoms with Crippen molar-refractivity contribution >= 4 is 27.5 Å². The van der Waals surface area contributed by atoms with Crippen molar-refractivity contribution in [3.63, 3.8) is 0 Å². The van der Waals surface area contributed by atoms with Crippen LogP contribution in [-0.2, 0) is 21.2 Å². The van der Waals surface area contributed by atoms with Crippen LogP contribution in [0.2, 0.25) is 0 Å². The zero-order valence-corrected chi connectivity index (χ0v) is 20.4. The van der Waals surface area contributed by atoms with E-state index in [4.69, 9.17) is 0 Å². The number of anilines is 1. The van der Waals surface area contributed by atoms with Gasteiger partial charge >= 0.3 is 0 Å². The van der Waals surface area contributed by atoms with Crippen LogP contribution in [-0.4, -0.2) is 51.3 Å². The summed E-state index contributed by atoms with van der Waals surface area (Å²) >= 11 is 0. The van der Waals surface area contributed by atoms with Gasteiger partial charge < -0.3 is 10.2 Å². The number of rotatable bonds is 8. The van der Waals surface area contributed by atoms with Crippen molar-refractivity contribution in [3.8, 4) is 0 Å². The lowest BCUT2D eigenvalue weighted by Crippen LogP contribution is -2.49. The Morgan fingerprint density at radius 1 is 0.886 bits per heavy atom. The van der Waals surface area contributed by atoms with Crippen LogP contribution in [0, 0.1) is 0 Å². The van der Waals surface area contributed by atoms with Crippen molar-refractivity contribution in [2.24, 2.45) is 0 Å². The lowest BCUT2D eigenvalue weighted by Gasteiger charge is -2.24. The van der Waals surface area contributed by atoms with Crippen molar-refractivity contribution in [1.29, 1.82) is 0 Å². The standard InChI is InChI=1S/C27H29N3O4S/c1-29(23-12-6-3-7-13-23)35(33,34)24-16-14-22(15-17-24)26(31)28-25(20-21-10-4-2-5-11-21)27(32)30-18-8-9-19-30/h2-7,10-17,25H,8-9,18-20H2,1H3,(H,28,31). The first kappa shape index (κ1) is 24.5. The molecular weight excluding hydrogens is 462 g/mol. The Morgan fingerprint density at radius 2 is 1.46 bits per heavy atom. The number of carbonyl (C=O) groups is 2. The van der Waals surface area contributed by atoms with Gasteiger partial charge in [0.15, 0.2) is 0 Å². The Kier molecular flexibility index (Phi) is 7.51. The van der Waals surface area contributed by atoms with Crippen LogP contribution in [0.4, 0.5) is 5.69 Å². The average molecular weight is 492 g/mol. The predicted octanol–water partition coefficient (Wildman–Crippen LogP) is 3.48. The molecule has 0 saturated carbocycles. The monoisotopic (exact) mass is 491 g/mol. The molecule has 1 N–H and O–H groups in total. The highest BCUT2D eigenvalue weighted by molar-refractivity contribution is 7.92. The maximum atomic E-state index is 13.1. The summed E-state index contributed by atoms with van der Waals surface area (Å²) in [6.07, 6.45) is 2.31. The van der Waals surface area contributed by atoms with E-state index in [1.54, 1.807) is 29.2 Å². The third-order valence-corrected chi connectivity index (χ3v) is 8.00. The number of carbonyl (C=O) groups excluding carboxylic acids is 2. The summed E-state index contributed by atoms with van der Waals surface area (Å²) in [7, 11) is -2.29. The number of benzene rings is 3. The van der Waals surface area contributed by atoms with Gasteiger partial charge in [0, 0.05) is 32.1 Å². The van der Waals surface area contributed by atoms with Crippen molar-refractivity contribution < 1.29 is 18.0 Å². The van der Waals surface area contributed by atoms with Gasteiger partial charge in [0.2, 0.25) is 5.91 Å². The average Bonchev–Trinajstić information content (AvgIpc) is 3.44. The number of likely N-dealkylation sites (tertiary alicyclic amines) is 1. The summed E-state index contributed by atoms with van der Waals surface area (Å²) in [5.41, 5.74) is 1.79. The maximum absolute atomic E-state index is 13.1. The minimum absolute atomic E-state index is 0.0781. The van der Waals surface area contributed by atoms with Crippen LogP contribution in [0.1, 0.15) is 28.8 Å². The number of nitrogens with zero attached hydrogens (tertiary/aromatic N) is 2. The van der Waals surface area contributed by atoms with Crippen molar-refractivity contribution in [2.75, 3.05) is 24.4 Å². The Balaban J connectivity index is 1.50. The first-order chi connectivity index (χ1) is 16.9. The molecule has 7 nitrogen and oxygen atoms in total. The molecule has 35 heavy (non-hydrogen) atoms. The summed E-state index contributed by atoms with van der Waals surface area (Å²) in [4.78, 5) is 28.1. The van der Waals surface area contributed by atoms with Crippen molar-refractivity contribution in [1.82, 2.24) is 10.2 Å². The lowest BCUT2D eigenvalue weighted by molar-refractivity contribution is -0.132. The first-order valence-electron chi connectivity index (χ1n) is 11.6. The highest BCUT2D eigenvalue weighted by Crippen LogP contribution is 2.22. The summed E-state index contributed by atoms with van der Waals surface area (Å²) in [5, 5.41) is 2.88. The molecule has 1 fully saturated rings. The Labute approximate surface area is 206 Å². The van der Waals surface area contributed by atoms with Gasteiger partial charge in [-0.15, -0.1) is 0 Å². The molecule has 3 aromatic rings. The number of sulfonamides is 1. The lowest BCUT2D eigenvalue weighted by atomic mass is 10.0. The number of amides is 2. The van der Waals surface area contributed by atoms with Crippen LogP contribution in [0.25, 0.3) is 0 Å².